The third-order valence-electron chi connectivity index (χ3n) is 5.51. The number of hydrogen-bond acceptors (Lipinski definition) is 5. The molecule has 156 valence electrons. The predicted octanol–water partition coefficient (Wildman–Crippen LogP) is 1.49. The van der Waals surface area contributed by atoms with Crippen molar-refractivity contribution in [2.24, 2.45) is 0 Å². The number of nitrogens with zero attached hydrogens (tertiary/aromatic N) is 3. The molecule has 1 amide bonds. The topological polar surface area (TPSA) is 73.0 Å². The number of halogens is 1. The minimum atomic E-state index is -3.58. The quantitative estimate of drug-likeness (QED) is 0.712. The number of sulfonamides is 1. The van der Waals surface area contributed by atoms with Crippen molar-refractivity contribution >= 4 is 27.5 Å². The van der Waals surface area contributed by atoms with Crippen LogP contribution >= 0.6 is 11.6 Å². The summed E-state index contributed by atoms with van der Waals surface area (Å²) in [5.74, 6) is -0.337. The van der Waals surface area contributed by atoms with Crippen molar-refractivity contribution in [3.63, 3.8) is 0 Å². The van der Waals surface area contributed by atoms with Gasteiger partial charge in [0.2, 0.25) is 10.0 Å². The summed E-state index contributed by atoms with van der Waals surface area (Å²) < 4.78 is 26.9. The lowest BCUT2D eigenvalue weighted by atomic mass is 10.2. The van der Waals surface area contributed by atoms with Crippen LogP contribution in [0.4, 0.5) is 0 Å². The third kappa shape index (κ3) is 5.04. The molecule has 1 aromatic carbocycles. The molecule has 3 rings (SSSR count). The van der Waals surface area contributed by atoms with Crippen LogP contribution in [0, 0.1) is 0 Å². The van der Waals surface area contributed by atoms with E-state index >= 15 is 0 Å². The van der Waals surface area contributed by atoms with Crippen LogP contribution in [0.25, 0.3) is 0 Å². The average molecular weight is 429 g/mol. The van der Waals surface area contributed by atoms with Gasteiger partial charge in [0.1, 0.15) is 0 Å². The second-order valence-electron chi connectivity index (χ2n) is 7.28. The van der Waals surface area contributed by atoms with Gasteiger partial charge in [0.15, 0.2) is 0 Å². The molecule has 0 aliphatic carbocycles. The SMILES string of the molecule is CCN1CCN(CCNC(=O)c2cc(S(=O)(=O)N3CCCC3)ccc2Cl)CC1. The van der Waals surface area contributed by atoms with Crippen molar-refractivity contribution in [3.8, 4) is 0 Å². The predicted molar refractivity (Wildman–Crippen MR) is 110 cm³/mol. The molecule has 2 aliphatic rings. The van der Waals surface area contributed by atoms with E-state index in [1.54, 1.807) is 0 Å². The molecule has 0 atom stereocenters. The van der Waals surface area contributed by atoms with E-state index in [0.717, 1.165) is 52.1 Å². The average Bonchev–Trinajstić information content (AvgIpc) is 3.24. The lowest BCUT2D eigenvalue weighted by Gasteiger charge is -2.33. The molecule has 2 saturated heterocycles. The van der Waals surface area contributed by atoms with Gasteiger partial charge in [-0.1, -0.05) is 18.5 Å². The number of piperazine rings is 1. The maximum Gasteiger partial charge on any atom is 0.252 e. The zero-order valence-corrected chi connectivity index (χ0v) is 17.9. The van der Waals surface area contributed by atoms with Gasteiger partial charge in [-0.25, -0.2) is 8.42 Å². The first-order valence-electron chi connectivity index (χ1n) is 9.94. The second kappa shape index (κ2) is 9.54. The molecule has 1 aromatic rings. The van der Waals surface area contributed by atoms with Gasteiger partial charge in [-0.2, -0.15) is 4.31 Å². The molecule has 2 heterocycles. The first-order chi connectivity index (χ1) is 13.4. The van der Waals surface area contributed by atoms with Crippen LogP contribution in [0.1, 0.15) is 30.1 Å². The van der Waals surface area contributed by atoms with Crippen LogP contribution in [-0.2, 0) is 10.0 Å². The third-order valence-corrected chi connectivity index (χ3v) is 7.74. The fourth-order valence-electron chi connectivity index (χ4n) is 3.67. The van der Waals surface area contributed by atoms with E-state index < -0.39 is 10.0 Å². The molecule has 2 aliphatic heterocycles. The van der Waals surface area contributed by atoms with E-state index in [0.29, 0.717) is 19.6 Å². The Labute approximate surface area is 172 Å². The molecule has 0 saturated carbocycles. The number of carbonyl (C=O) groups excluding carboxylic acids is 1. The van der Waals surface area contributed by atoms with Crippen molar-refractivity contribution in [1.29, 1.82) is 0 Å². The Morgan fingerprint density at radius 3 is 2.36 bits per heavy atom. The summed E-state index contributed by atoms with van der Waals surface area (Å²) in [6.07, 6.45) is 1.74. The van der Waals surface area contributed by atoms with E-state index in [4.69, 9.17) is 11.6 Å². The second-order valence-corrected chi connectivity index (χ2v) is 9.63. The Morgan fingerprint density at radius 1 is 1.07 bits per heavy atom. The molecule has 0 spiro atoms. The number of amides is 1. The number of carbonyl (C=O) groups is 1. The molecule has 9 heteroatoms. The smallest absolute Gasteiger partial charge is 0.252 e. The summed E-state index contributed by atoms with van der Waals surface area (Å²) in [5, 5.41) is 3.13. The standard InChI is InChI=1S/C19H29ClN4O3S/c1-2-22-11-13-23(14-12-22)10-7-21-19(25)17-15-16(5-6-18(17)20)28(26,27)24-8-3-4-9-24/h5-6,15H,2-4,7-14H2,1H3,(H,21,25). The summed E-state index contributed by atoms with van der Waals surface area (Å²) in [4.78, 5) is 17.4. The Hall–Kier alpha value is -1.19. The normalized spacial score (nSPS) is 19.8. The molecule has 0 radical (unpaired) electrons. The molecule has 2 fully saturated rings. The van der Waals surface area contributed by atoms with Gasteiger partial charge in [0, 0.05) is 52.4 Å². The monoisotopic (exact) mass is 428 g/mol. The summed E-state index contributed by atoms with van der Waals surface area (Å²) in [6, 6.07) is 4.36. The maximum atomic E-state index is 12.7. The molecule has 7 nitrogen and oxygen atoms in total. The number of hydrogen-bond donors (Lipinski definition) is 1. The van der Waals surface area contributed by atoms with Crippen molar-refractivity contribution in [2.75, 3.05) is 58.9 Å². The van der Waals surface area contributed by atoms with Crippen LogP contribution in [0.5, 0.6) is 0 Å². The molecular formula is C19H29ClN4O3S. The lowest BCUT2D eigenvalue weighted by molar-refractivity contribution is 0.0938. The molecule has 1 N–H and O–H groups in total. The van der Waals surface area contributed by atoms with Gasteiger partial charge in [-0.3, -0.25) is 9.69 Å². The fraction of sp³-hybridized carbons (Fsp3) is 0.632. The van der Waals surface area contributed by atoms with E-state index in [2.05, 4.69) is 22.0 Å². The van der Waals surface area contributed by atoms with E-state index in [-0.39, 0.29) is 21.4 Å². The highest BCUT2D eigenvalue weighted by atomic mass is 35.5. The highest BCUT2D eigenvalue weighted by Crippen LogP contribution is 2.25. The number of nitrogens with one attached hydrogen (secondary N) is 1. The van der Waals surface area contributed by atoms with Gasteiger partial charge >= 0.3 is 0 Å². The van der Waals surface area contributed by atoms with Crippen molar-refractivity contribution < 1.29 is 13.2 Å². The van der Waals surface area contributed by atoms with E-state index in [9.17, 15) is 13.2 Å². The van der Waals surface area contributed by atoms with Crippen LogP contribution in [0.15, 0.2) is 23.1 Å². The van der Waals surface area contributed by atoms with Crippen molar-refractivity contribution in [1.82, 2.24) is 19.4 Å². The highest BCUT2D eigenvalue weighted by Gasteiger charge is 2.28. The van der Waals surface area contributed by atoms with Gasteiger partial charge in [-0.05, 0) is 37.6 Å². The number of likely N-dealkylation sites (N-methyl/N-ethyl adjacent to an activating group) is 1. The summed E-state index contributed by atoms with van der Waals surface area (Å²) >= 11 is 6.18. The Kier molecular flexibility index (Phi) is 7.33. The van der Waals surface area contributed by atoms with Crippen LogP contribution in [0.3, 0.4) is 0 Å². The first kappa shape index (κ1) is 21.5. The highest BCUT2D eigenvalue weighted by molar-refractivity contribution is 7.89. The largest absolute Gasteiger partial charge is 0.351 e. The van der Waals surface area contributed by atoms with Gasteiger partial charge in [0.25, 0.3) is 5.91 Å². The van der Waals surface area contributed by atoms with E-state index in [1.165, 1.54) is 22.5 Å². The molecule has 0 bridgehead atoms. The van der Waals surface area contributed by atoms with E-state index in [1.807, 2.05) is 0 Å². The zero-order valence-electron chi connectivity index (χ0n) is 16.4. The minimum Gasteiger partial charge on any atom is -0.351 e. The van der Waals surface area contributed by atoms with Gasteiger partial charge in [-0.15, -0.1) is 0 Å². The van der Waals surface area contributed by atoms with Crippen molar-refractivity contribution in [2.45, 2.75) is 24.7 Å². The lowest BCUT2D eigenvalue weighted by Crippen LogP contribution is -2.48. The number of rotatable bonds is 7. The van der Waals surface area contributed by atoms with Crippen LogP contribution < -0.4 is 5.32 Å². The molecule has 0 unspecified atom stereocenters. The van der Waals surface area contributed by atoms with Crippen molar-refractivity contribution in [3.05, 3.63) is 28.8 Å². The first-order valence-corrected chi connectivity index (χ1v) is 11.8. The maximum absolute atomic E-state index is 12.7. The number of benzene rings is 1. The zero-order chi connectivity index (χ0) is 20.1. The van der Waals surface area contributed by atoms with Gasteiger partial charge < -0.3 is 10.2 Å². The van der Waals surface area contributed by atoms with Crippen LogP contribution in [-0.4, -0.2) is 87.3 Å². The summed E-state index contributed by atoms with van der Waals surface area (Å²) in [7, 11) is -3.58. The summed E-state index contributed by atoms with van der Waals surface area (Å²) in [5.41, 5.74) is 0.206. The molecule has 0 aromatic heterocycles. The fourth-order valence-corrected chi connectivity index (χ4v) is 5.42. The van der Waals surface area contributed by atoms with Crippen LogP contribution in [0.2, 0.25) is 5.02 Å². The Morgan fingerprint density at radius 2 is 1.71 bits per heavy atom. The molecular weight excluding hydrogens is 400 g/mol. The van der Waals surface area contributed by atoms with Gasteiger partial charge in [0.05, 0.1) is 15.5 Å². The summed E-state index contributed by atoms with van der Waals surface area (Å²) in [6.45, 7) is 9.64. The minimum absolute atomic E-state index is 0.125. The Bertz CT molecular complexity index is 788. The molecule has 28 heavy (non-hydrogen) atoms. The Balaban J connectivity index is 1.59.